The van der Waals surface area contributed by atoms with Crippen LogP contribution in [0.1, 0.15) is 38.7 Å². The molecule has 1 saturated heterocycles. The molecule has 0 saturated carbocycles. The molecule has 124 valence electrons. The molecule has 4 amide bonds. The van der Waals surface area contributed by atoms with Gasteiger partial charge in [-0.25, -0.2) is 4.79 Å². The summed E-state index contributed by atoms with van der Waals surface area (Å²) in [6.07, 6.45) is 1.65. The van der Waals surface area contributed by atoms with Crippen molar-refractivity contribution in [2.75, 3.05) is 6.54 Å². The number of imide groups is 2. The molecule has 1 aromatic carbocycles. The molecular weight excluding hydrogens is 316 g/mol. The van der Waals surface area contributed by atoms with Crippen molar-refractivity contribution in [3.05, 3.63) is 34.9 Å². The van der Waals surface area contributed by atoms with E-state index in [-0.39, 0.29) is 19.0 Å². The van der Waals surface area contributed by atoms with Gasteiger partial charge in [0.2, 0.25) is 11.8 Å². The molecule has 5 nitrogen and oxygen atoms in total. The molecule has 23 heavy (non-hydrogen) atoms. The highest BCUT2D eigenvalue weighted by atomic mass is 35.5. The number of carbonyl (C=O) groups is 3. The second kappa shape index (κ2) is 7.59. The van der Waals surface area contributed by atoms with E-state index in [0.29, 0.717) is 24.3 Å². The first-order chi connectivity index (χ1) is 11.0. The minimum Gasteiger partial charge on any atom is -0.274 e. The Kier molecular flexibility index (Phi) is 5.77. The van der Waals surface area contributed by atoms with E-state index < -0.39 is 17.8 Å². The average molecular weight is 337 g/mol. The maximum Gasteiger partial charge on any atom is 0.333 e. The first-order valence-electron chi connectivity index (χ1n) is 7.88. The van der Waals surface area contributed by atoms with Gasteiger partial charge < -0.3 is 0 Å². The van der Waals surface area contributed by atoms with Crippen LogP contribution in [0.2, 0.25) is 5.02 Å². The number of hydrogen-bond acceptors (Lipinski definition) is 3. The van der Waals surface area contributed by atoms with E-state index in [1.165, 1.54) is 9.80 Å². The molecule has 0 N–H and O–H groups in total. The highest BCUT2D eigenvalue weighted by Gasteiger charge is 2.40. The molecule has 2 rings (SSSR count). The van der Waals surface area contributed by atoms with Gasteiger partial charge in [0.1, 0.15) is 6.42 Å². The number of nitrogens with zero attached hydrogens (tertiary/aromatic N) is 2. The maximum absolute atomic E-state index is 12.6. The van der Waals surface area contributed by atoms with Gasteiger partial charge in [-0.1, -0.05) is 37.6 Å². The van der Waals surface area contributed by atoms with Crippen LogP contribution >= 0.6 is 11.6 Å². The molecule has 1 aliphatic heterocycles. The number of benzene rings is 1. The van der Waals surface area contributed by atoms with Crippen LogP contribution in [0.3, 0.4) is 0 Å². The lowest BCUT2D eigenvalue weighted by Gasteiger charge is -2.37. The highest BCUT2D eigenvalue weighted by Crippen LogP contribution is 2.20. The third-order valence-corrected chi connectivity index (χ3v) is 4.37. The molecule has 1 aliphatic rings. The molecule has 1 heterocycles. The molecule has 0 aromatic heterocycles. The van der Waals surface area contributed by atoms with Crippen molar-refractivity contribution in [1.82, 2.24) is 9.80 Å². The standard InChI is InChI=1S/C17H21ClN2O3/c1-3-14(4-2)20-16(22)11-15(21)19(17(20)23)9-8-12-6-5-7-13(18)10-12/h5-7,10,14H,3-4,8-9,11H2,1-2H3. The Hall–Kier alpha value is -1.88. The molecule has 0 aliphatic carbocycles. The van der Waals surface area contributed by atoms with Crippen LogP contribution in [-0.2, 0) is 16.0 Å². The Labute approximate surface area is 141 Å². The van der Waals surface area contributed by atoms with Gasteiger partial charge in [-0.05, 0) is 37.0 Å². The topological polar surface area (TPSA) is 57.7 Å². The fraction of sp³-hybridized carbons (Fsp3) is 0.471. The summed E-state index contributed by atoms with van der Waals surface area (Å²) in [7, 11) is 0. The van der Waals surface area contributed by atoms with Crippen LogP contribution < -0.4 is 0 Å². The smallest absolute Gasteiger partial charge is 0.274 e. The average Bonchev–Trinajstić information content (AvgIpc) is 2.51. The van der Waals surface area contributed by atoms with Crippen molar-refractivity contribution in [1.29, 1.82) is 0 Å². The molecule has 1 fully saturated rings. The number of amides is 4. The summed E-state index contributed by atoms with van der Waals surface area (Å²) in [5, 5.41) is 0.618. The zero-order valence-corrected chi connectivity index (χ0v) is 14.2. The maximum atomic E-state index is 12.6. The summed E-state index contributed by atoms with van der Waals surface area (Å²) >= 11 is 5.94. The van der Waals surface area contributed by atoms with Gasteiger partial charge in [0.25, 0.3) is 0 Å². The second-order valence-corrected chi connectivity index (χ2v) is 6.06. The first kappa shape index (κ1) is 17.5. The first-order valence-corrected chi connectivity index (χ1v) is 8.26. The molecule has 0 atom stereocenters. The van der Waals surface area contributed by atoms with Gasteiger partial charge >= 0.3 is 6.03 Å². The molecule has 0 spiro atoms. The van der Waals surface area contributed by atoms with Crippen LogP contribution in [0.15, 0.2) is 24.3 Å². The van der Waals surface area contributed by atoms with Gasteiger partial charge in [0, 0.05) is 17.6 Å². The zero-order chi connectivity index (χ0) is 17.0. The fourth-order valence-electron chi connectivity index (χ4n) is 2.82. The van der Waals surface area contributed by atoms with Crippen LogP contribution in [-0.4, -0.2) is 40.2 Å². The lowest BCUT2D eigenvalue weighted by atomic mass is 10.1. The SMILES string of the molecule is CCC(CC)N1C(=O)CC(=O)N(CCc2cccc(Cl)c2)C1=O. The Balaban J connectivity index is 2.12. The highest BCUT2D eigenvalue weighted by molar-refractivity contribution is 6.30. The molecule has 1 aromatic rings. The summed E-state index contributed by atoms with van der Waals surface area (Å²) in [4.78, 5) is 39.2. The quantitative estimate of drug-likeness (QED) is 0.749. The number of carbonyl (C=O) groups excluding carboxylic acids is 3. The van der Waals surface area contributed by atoms with Crippen molar-refractivity contribution in [3.63, 3.8) is 0 Å². The molecular formula is C17H21ClN2O3. The normalized spacial score (nSPS) is 15.7. The van der Waals surface area contributed by atoms with Crippen molar-refractivity contribution >= 4 is 29.4 Å². The summed E-state index contributed by atoms with van der Waals surface area (Å²) in [6.45, 7) is 4.12. The Bertz CT molecular complexity index is 614. The third-order valence-electron chi connectivity index (χ3n) is 4.13. The zero-order valence-electron chi connectivity index (χ0n) is 13.4. The molecule has 0 bridgehead atoms. The predicted molar refractivity (Wildman–Crippen MR) is 88.1 cm³/mol. The van der Waals surface area contributed by atoms with Crippen LogP contribution in [0.5, 0.6) is 0 Å². The Morgan fingerprint density at radius 3 is 2.43 bits per heavy atom. The van der Waals surface area contributed by atoms with E-state index in [2.05, 4.69) is 0 Å². The second-order valence-electron chi connectivity index (χ2n) is 5.62. The third kappa shape index (κ3) is 3.91. The van der Waals surface area contributed by atoms with Crippen molar-refractivity contribution in [3.8, 4) is 0 Å². The Morgan fingerprint density at radius 2 is 1.83 bits per heavy atom. The minimum absolute atomic E-state index is 0.156. The molecule has 6 heteroatoms. The van der Waals surface area contributed by atoms with Crippen molar-refractivity contribution in [2.45, 2.75) is 45.6 Å². The van der Waals surface area contributed by atoms with E-state index in [4.69, 9.17) is 11.6 Å². The van der Waals surface area contributed by atoms with Gasteiger partial charge in [-0.2, -0.15) is 0 Å². The predicted octanol–water partition coefficient (Wildman–Crippen LogP) is 3.25. The van der Waals surface area contributed by atoms with E-state index in [9.17, 15) is 14.4 Å². The van der Waals surface area contributed by atoms with Crippen LogP contribution in [0.4, 0.5) is 4.79 Å². The number of hydrogen-bond donors (Lipinski definition) is 0. The minimum atomic E-state index is -0.498. The number of urea groups is 1. The van der Waals surface area contributed by atoms with E-state index >= 15 is 0 Å². The number of halogens is 1. The van der Waals surface area contributed by atoms with Gasteiger partial charge in [0.05, 0.1) is 0 Å². The summed E-state index contributed by atoms with van der Waals surface area (Å²) in [5.41, 5.74) is 0.948. The van der Waals surface area contributed by atoms with E-state index in [0.717, 1.165) is 5.56 Å². The Morgan fingerprint density at radius 1 is 1.13 bits per heavy atom. The van der Waals surface area contributed by atoms with Crippen molar-refractivity contribution in [2.24, 2.45) is 0 Å². The lowest BCUT2D eigenvalue weighted by molar-refractivity contribution is -0.144. The summed E-state index contributed by atoms with van der Waals surface area (Å²) in [5.74, 6) is -0.822. The van der Waals surface area contributed by atoms with Gasteiger partial charge in [0.15, 0.2) is 0 Å². The van der Waals surface area contributed by atoms with E-state index in [1.54, 1.807) is 6.07 Å². The van der Waals surface area contributed by atoms with Crippen LogP contribution in [0.25, 0.3) is 0 Å². The van der Waals surface area contributed by atoms with Crippen molar-refractivity contribution < 1.29 is 14.4 Å². The van der Waals surface area contributed by atoms with E-state index in [1.807, 2.05) is 32.0 Å². The van der Waals surface area contributed by atoms with Gasteiger partial charge in [-0.15, -0.1) is 0 Å². The summed E-state index contributed by atoms with van der Waals surface area (Å²) < 4.78 is 0. The fourth-order valence-corrected chi connectivity index (χ4v) is 3.03. The monoisotopic (exact) mass is 336 g/mol. The van der Waals surface area contributed by atoms with Crippen LogP contribution in [0, 0.1) is 0 Å². The molecule has 0 unspecified atom stereocenters. The molecule has 0 radical (unpaired) electrons. The summed E-state index contributed by atoms with van der Waals surface area (Å²) in [6, 6.07) is 6.66. The van der Waals surface area contributed by atoms with Gasteiger partial charge in [-0.3, -0.25) is 19.4 Å². The largest absolute Gasteiger partial charge is 0.333 e. The number of barbiturate groups is 1. The number of rotatable bonds is 6. The lowest BCUT2D eigenvalue weighted by Crippen LogP contribution is -2.58.